The van der Waals surface area contributed by atoms with Crippen LogP contribution >= 0.6 is 0 Å². The summed E-state index contributed by atoms with van der Waals surface area (Å²) < 4.78 is 69.1. The average molecular weight is 288 g/mol. The lowest BCUT2D eigenvalue weighted by atomic mass is 10.1. The van der Waals surface area contributed by atoms with Crippen molar-refractivity contribution in [1.82, 2.24) is 0 Å². The van der Waals surface area contributed by atoms with Gasteiger partial charge in [0.25, 0.3) is 0 Å². The maximum absolute atomic E-state index is 13.1. The molecule has 6 heteroatoms. The number of alkyl halides is 3. The van der Waals surface area contributed by atoms with Crippen LogP contribution in [-0.4, -0.2) is 0 Å². The third kappa shape index (κ3) is 3.26. The summed E-state index contributed by atoms with van der Waals surface area (Å²) in [7, 11) is 0. The molecule has 0 saturated heterocycles. The first kappa shape index (κ1) is 14.3. The van der Waals surface area contributed by atoms with Crippen LogP contribution < -0.4 is 4.74 Å². The highest BCUT2D eigenvalue weighted by Gasteiger charge is 2.35. The summed E-state index contributed by atoms with van der Waals surface area (Å²) in [5, 5.41) is 0. The van der Waals surface area contributed by atoms with E-state index in [2.05, 4.69) is 0 Å². The Bertz CT molecular complexity index is 593. The van der Waals surface area contributed by atoms with Crippen molar-refractivity contribution in [1.29, 1.82) is 0 Å². The van der Waals surface area contributed by atoms with Gasteiger partial charge in [-0.3, -0.25) is 0 Å². The highest BCUT2D eigenvalue weighted by Crippen LogP contribution is 2.37. The molecule has 0 saturated carbocycles. The van der Waals surface area contributed by atoms with Crippen molar-refractivity contribution < 1.29 is 26.7 Å². The Morgan fingerprint density at radius 3 is 2.10 bits per heavy atom. The molecule has 0 N–H and O–H groups in total. The van der Waals surface area contributed by atoms with E-state index < -0.39 is 29.1 Å². The molecule has 0 amide bonds. The van der Waals surface area contributed by atoms with Crippen molar-refractivity contribution in [2.24, 2.45) is 0 Å². The van der Waals surface area contributed by atoms with Crippen LogP contribution in [-0.2, 0) is 12.8 Å². The van der Waals surface area contributed by atoms with Crippen molar-refractivity contribution in [3.8, 4) is 5.75 Å². The molecule has 2 rings (SSSR count). The molecular formula is C14H9F5O. The first-order valence-electron chi connectivity index (χ1n) is 5.61. The topological polar surface area (TPSA) is 9.23 Å². The molecule has 0 heterocycles. The van der Waals surface area contributed by atoms with E-state index in [1.165, 1.54) is 0 Å². The van der Waals surface area contributed by atoms with Crippen molar-refractivity contribution in [2.75, 3.05) is 0 Å². The second kappa shape index (κ2) is 5.48. The fourth-order valence-corrected chi connectivity index (χ4v) is 1.60. The second-order valence-electron chi connectivity index (χ2n) is 4.03. The Labute approximate surface area is 111 Å². The van der Waals surface area contributed by atoms with Crippen molar-refractivity contribution >= 4 is 0 Å². The van der Waals surface area contributed by atoms with Crippen LogP contribution in [0.2, 0.25) is 0 Å². The zero-order valence-corrected chi connectivity index (χ0v) is 10.0. The molecule has 0 unspecified atom stereocenters. The van der Waals surface area contributed by atoms with E-state index in [-0.39, 0.29) is 12.7 Å². The summed E-state index contributed by atoms with van der Waals surface area (Å²) in [6.45, 7) is -0.172. The number of benzene rings is 2. The minimum absolute atomic E-state index is 0.0929. The number of ether oxygens (including phenoxy) is 1. The van der Waals surface area contributed by atoms with E-state index in [0.717, 1.165) is 0 Å². The summed E-state index contributed by atoms with van der Waals surface area (Å²) in [5.41, 5.74) is -0.724. The van der Waals surface area contributed by atoms with Crippen molar-refractivity contribution in [2.45, 2.75) is 12.8 Å². The van der Waals surface area contributed by atoms with E-state index in [4.69, 9.17) is 4.74 Å². The largest absolute Gasteiger partial charge is 0.488 e. The summed E-state index contributed by atoms with van der Waals surface area (Å²) in [5.74, 6) is -3.69. The van der Waals surface area contributed by atoms with Crippen LogP contribution in [0.15, 0.2) is 42.5 Å². The Balaban J connectivity index is 2.28. The maximum atomic E-state index is 13.1. The maximum Gasteiger partial charge on any atom is 0.420 e. The van der Waals surface area contributed by atoms with Gasteiger partial charge in [0.05, 0.1) is 0 Å². The number of hydrogen-bond acceptors (Lipinski definition) is 1. The van der Waals surface area contributed by atoms with Gasteiger partial charge in [-0.05, 0) is 11.6 Å². The molecule has 1 nitrogen and oxygen atoms in total. The predicted molar refractivity (Wildman–Crippen MR) is 62.1 cm³/mol. The fraction of sp³-hybridized carbons (Fsp3) is 0.143. The molecule has 0 radical (unpaired) electrons. The quantitative estimate of drug-likeness (QED) is 0.752. The van der Waals surface area contributed by atoms with Crippen LogP contribution in [0.1, 0.15) is 11.1 Å². The number of rotatable bonds is 3. The number of hydrogen-bond donors (Lipinski definition) is 0. The van der Waals surface area contributed by atoms with Gasteiger partial charge in [0, 0.05) is 6.07 Å². The standard InChI is InChI=1S/C14H9F5O/c15-11-6-10(14(17,18)19)13(7-12(11)16)20-8-9-4-2-1-3-5-9/h1-7H,8H2. The van der Waals surface area contributed by atoms with Gasteiger partial charge in [0.1, 0.15) is 17.9 Å². The summed E-state index contributed by atoms with van der Waals surface area (Å²) in [4.78, 5) is 0. The lowest BCUT2D eigenvalue weighted by Crippen LogP contribution is -2.10. The monoisotopic (exact) mass is 288 g/mol. The summed E-state index contributed by atoms with van der Waals surface area (Å²) >= 11 is 0. The molecule has 0 bridgehead atoms. The molecule has 0 spiro atoms. The van der Waals surface area contributed by atoms with Crippen molar-refractivity contribution in [3.05, 3.63) is 65.2 Å². The predicted octanol–water partition coefficient (Wildman–Crippen LogP) is 4.56. The molecule has 20 heavy (non-hydrogen) atoms. The minimum atomic E-state index is -4.82. The number of halogens is 5. The molecule has 0 aliphatic rings. The van der Waals surface area contributed by atoms with Crippen LogP contribution in [0.3, 0.4) is 0 Å². The summed E-state index contributed by atoms with van der Waals surface area (Å²) in [6, 6.07) is 8.91. The molecule has 106 valence electrons. The Kier molecular flexibility index (Phi) is 3.92. The van der Waals surface area contributed by atoms with Gasteiger partial charge in [0.15, 0.2) is 11.6 Å². The SMILES string of the molecule is Fc1cc(OCc2ccccc2)c(C(F)(F)F)cc1F. The smallest absolute Gasteiger partial charge is 0.420 e. The Morgan fingerprint density at radius 2 is 1.50 bits per heavy atom. The van der Waals surface area contributed by atoms with E-state index >= 15 is 0 Å². The Hall–Kier alpha value is -2.11. The zero-order chi connectivity index (χ0) is 14.8. The van der Waals surface area contributed by atoms with E-state index in [1.54, 1.807) is 30.3 Å². The van der Waals surface area contributed by atoms with Crippen molar-refractivity contribution in [3.63, 3.8) is 0 Å². The zero-order valence-electron chi connectivity index (χ0n) is 10.0. The van der Waals surface area contributed by atoms with Crippen LogP contribution in [0, 0.1) is 11.6 Å². The third-order valence-corrected chi connectivity index (χ3v) is 2.57. The van der Waals surface area contributed by atoms with E-state index in [9.17, 15) is 22.0 Å². The van der Waals surface area contributed by atoms with Crippen LogP contribution in [0.25, 0.3) is 0 Å². The lowest BCUT2D eigenvalue weighted by molar-refractivity contribution is -0.139. The highest BCUT2D eigenvalue weighted by molar-refractivity contribution is 5.37. The van der Waals surface area contributed by atoms with E-state index in [0.29, 0.717) is 11.6 Å². The summed E-state index contributed by atoms with van der Waals surface area (Å²) in [6.07, 6.45) is -4.82. The highest BCUT2D eigenvalue weighted by atomic mass is 19.4. The molecule has 0 aromatic heterocycles. The third-order valence-electron chi connectivity index (χ3n) is 2.57. The first-order valence-corrected chi connectivity index (χ1v) is 5.61. The average Bonchev–Trinajstić information content (AvgIpc) is 2.39. The second-order valence-corrected chi connectivity index (χ2v) is 4.03. The van der Waals surface area contributed by atoms with Crippen LogP contribution in [0.4, 0.5) is 22.0 Å². The van der Waals surface area contributed by atoms with Gasteiger partial charge in [-0.1, -0.05) is 30.3 Å². The first-order chi connectivity index (χ1) is 9.38. The molecule has 0 aliphatic carbocycles. The molecule has 2 aromatic rings. The van der Waals surface area contributed by atoms with Gasteiger partial charge < -0.3 is 4.74 Å². The van der Waals surface area contributed by atoms with Gasteiger partial charge in [0.2, 0.25) is 0 Å². The van der Waals surface area contributed by atoms with Gasteiger partial charge in [-0.2, -0.15) is 13.2 Å². The van der Waals surface area contributed by atoms with Crippen LogP contribution in [0.5, 0.6) is 5.75 Å². The Morgan fingerprint density at radius 1 is 0.900 bits per heavy atom. The molecular weight excluding hydrogens is 279 g/mol. The molecule has 2 aromatic carbocycles. The van der Waals surface area contributed by atoms with Gasteiger partial charge in [-0.25, -0.2) is 8.78 Å². The normalized spacial score (nSPS) is 11.4. The molecule has 0 aliphatic heterocycles. The minimum Gasteiger partial charge on any atom is -0.488 e. The molecule has 0 atom stereocenters. The molecule has 0 fully saturated rings. The van der Waals surface area contributed by atoms with E-state index in [1.807, 2.05) is 0 Å². The fourth-order valence-electron chi connectivity index (χ4n) is 1.60. The lowest BCUT2D eigenvalue weighted by Gasteiger charge is -2.14. The van der Waals surface area contributed by atoms with Gasteiger partial charge >= 0.3 is 6.18 Å². The van der Waals surface area contributed by atoms with Gasteiger partial charge in [-0.15, -0.1) is 0 Å².